The molecule has 0 radical (unpaired) electrons. The van der Waals surface area contributed by atoms with Gasteiger partial charge in [0, 0.05) is 17.5 Å². The van der Waals surface area contributed by atoms with Crippen molar-refractivity contribution in [2.75, 3.05) is 5.32 Å². The van der Waals surface area contributed by atoms with Gasteiger partial charge in [0.15, 0.2) is 0 Å². The summed E-state index contributed by atoms with van der Waals surface area (Å²) in [4.78, 5) is 37.6. The van der Waals surface area contributed by atoms with Crippen molar-refractivity contribution < 1.29 is 19.5 Å². The van der Waals surface area contributed by atoms with E-state index in [1.54, 1.807) is 43.3 Å². The lowest BCUT2D eigenvalue weighted by molar-refractivity contribution is -0.144. The number of amides is 2. The zero-order valence-electron chi connectivity index (χ0n) is 17.9. The van der Waals surface area contributed by atoms with E-state index in [2.05, 4.69) is 15.7 Å². The number of carbonyl (C=O) groups is 3. The fourth-order valence-electron chi connectivity index (χ4n) is 3.99. The van der Waals surface area contributed by atoms with Crippen molar-refractivity contribution in [3.63, 3.8) is 0 Å². The summed E-state index contributed by atoms with van der Waals surface area (Å²) in [7, 11) is 0. The summed E-state index contributed by atoms with van der Waals surface area (Å²) in [5.74, 6) is 1.95. The molecule has 4 atom stereocenters. The van der Waals surface area contributed by atoms with E-state index >= 15 is 0 Å². The molecule has 0 heterocycles. The molecule has 8 heteroatoms. The molecule has 5 N–H and O–H groups in total. The Bertz CT molecular complexity index is 975. The van der Waals surface area contributed by atoms with Crippen molar-refractivity contribution in [2.45, 2.75) is 32.2 Å². The maximum atomic E-state index is 13.0. The van der Waals surface area contributed by atoms with Gasteiger partial charge in [0.2, 0.25) is 11.8 Å². The van der Waals surface area contributed by atoms with Crippen LogP contribution < -0.4 is 16.5 Å². The molecule has 0 aliphatic heterocycles. The van der Waals surface area contributed by atoms with Gasteiger partial charge < -0.3 is 21.6 Å². The summed E-state index contributed by atoms with van der Waals surface area (Å²) in [6, 6.07) is 15.5. The normalized spacial score (nSPS) is 19.5. The van der Waals surface area contributed by atoms with Crippen LogP contribution in [0.5, 0.6) is 0 Å². The van der Waals surface area contributed by atoms with Gasteiger partial charge in [-0.3, -0.25) is 14.4 Å². The second-order valence-electron chi connectivity index (χ2n) is 7.93. The molecule has 1 fully saturated rings. The third kappa shape index (κ3) is 5.32. The number of carboxylic acids is 1. The number of aliphatic carboxylic acids is 1. The highest BCUT2D eigenvalue weighted by atomic mass is 16.4. The topological polar surface area (TPSA) is 134 Å². The largest absolute Gasteiger partial charge is 0.481 e. The van der Waals surface area contributed by atoms with Gasteiger partial charge >= 0.3 is 5.97 Å². The molecule has 0 aromatic heterocycles. The Balaban J connectivity index is 1.68. The minimum atomic E-state index is -0.965. The van der Waals surface area contributed by atoms with Gasteiger partial charge in [-0.25, -0.2) is 0 Å². The van der Waals surface area contributed by atoms with E-state index in [0.29, 0.717) is 24.9 Å². The number of hydrogen-bond acceptors (Lipinski definition) is 5. The fourth-order valence-corrected chi connectivity index (χ4v) is 3.99. The Morgan fingerprint density at radius 2 is 1.69 bits per heavy atom. The predicted molar refractivity (Wildman–Crippen MR) is 122 cm³/mol. The Morgan fingerprint density at radius 1 is 1.06 bits per heavy atom. The molecule has 4 unspecified atom stereocenters. The summed E-state index contributed by atoms with van der Waals surface area (Å²) >= 11 is 0. The van der Waals surface area contributed by atoms with Crippen molar-refractivity contribution in [3.05, 3.63) is 65.7 Å². The molecule has 0 bridgehead atoms. The number of carbonyl (C=O) groups excluding carboxylic acids is 2. The molecule has 32 heavy (non-hydrogen) atoms. The first-order chi connectivity index (χ1) is 15.4. The smallest absolute Gasteiger partial charge is 0.308 e. The van der Waals surface area contributed by atoms with E-state index < -0.39 is 29.8 Å². The van der Waals surface area contributed by atoms with E-state index in [-0.39, 0.29) is 11.8 Å². The molecule has 0 spiro atoms. The predicted octanol–water partition coefficient (Wildman–Crippen LogP) is 2.91. The average molecular weight is 437 g/mol. The lowest BCUT2D eigenvalue weighted by Crippen LogP contribution is -2.48. The summed E-state index contributed by atoms with van der Waals surface area (Å²) in [5.41, 5.74) is 2.16. The number of hydrogen-bond donors (Lipinski definition) is 4. The SMILES string of the molecule is CCC(C(=O)O)C(NC(=O)C1CCC1C(=O)Nc1ccc(C=NN)cc1)c1ccccc1. The zero-order chi connectivity index (χ0) is 23.1. The van der Waals surface area contributed by atoms with Gasteiger partial charge in [-0.2, -0.15) is 5.10 Å². The van der Waals surface area contributed by atoms with Gasteiger partial charge in [0.25, 0.3) is 0 Å². The van der Waals surface area contributed by atoms with E-state index in [9.17, 15) is 19.5 Å². The standard InChI is InChI=1S/C24H28N4O4/c1-2-18(24(31)32)21(16-6-4-3-5-7-16)28-23(30)20-13-12-19(20)22(29)27-17-10-8-15(9-11-17)14-26-25/h3-11,14,18-21H,2,12-13,25H2,1H3,(H,27,29)(H,28,30)(H,31,32). The van der Waals surface area contributed by atoms with Gasteiger partial charge in [-0.05, 0) is 42.5 Å². The van der Waals surface area contributed by atoms with E-state index in [1.165, 1.54) is 6.21 Å². The first-order valence-electron chi connectivity index (χ1n) is 10.7. The van der Waals surface area contributed by atoms with Crippen LogP contribution >= 0.6 is 0 Å². The number of nitrogens with one attached hydrogen (secondary N) is 2. The van der Waals surface area contributed by atoms with Crippen LogP contribution in [0, 0.1) is 17.8 Å². The fraction of sp³-hybridized carbons (Fsp3) is 0.333. The minimum absolute atomic E-state index is 0.224. The lowest BCUT2D eigenvalue weighted by Gasteiger charge is -2.36. The number of carboxylic acid groups (broad SMARTS) is 1. The van der Waals surface area contributed by atoms with Crippen LogP contribution in [-0.2, 0) is 14.4 Å². The Labute approximate surface area is 186 Å². The first kappa shape index (κ1) is 23.0. The summed E-state index contributed by atoms with van der Waals surface area (Å²) < 4.78 is 0. The molecule has 1 aliphatic rings. The average Bonchev–Trinajstić information content (AvgIpc) is 2.74. The van der Waals surface area contributed by atoms with Crippen LogP contribution in [-0.4, -0.2) is 29.1 Å². The molecular formula is C24H28N4O4. The van der Waals surface area contributed by atoms with Gasteiger partial charge in [0.05, 0.1) is 18.2 Å². The Hall–Kier alpha value is -3.68. The third-order valence-electron chi connectivity index (χ3n) is 5.97. The Morgan fingerprint density at radius 3 is 2.22 bits per heavy atom. The number of hydrazone groups is 1. The second-order valence-corrected chi connectivity index (χ2v) is 7.93. The lowest BCUT2D eigenvalue weighted by atomic mass is 9.72. The quantitative estimate of drug-likeness (QED) is 0.272. The molecule has 0 saturated heterocycles. The van der Waals surface area contributed by atoms with Crippen molar-refractivity contribution in [1.29, 1.82) is 0 Å². The summed E-state index contributed by atoms with van der Waals surface area (Å²) in [5, 5.41) is 18.9. The van der Waals surface area contributed by atoms with Crippen LogP contribution in [0.4, 0.5) is 5.69 Å². The molecule has 2 amide bonds. The number of benzene rings is 2. The molecule has 2 aromatic rings. The summed E-state index contributed by atoms with van der Waals surface area (Å²) in [6.07, 6.45) is 3.06. The molecule has 1 saturated carbocycles. The molecule has 8 nitrogen and oxygen atoms in total. The van der Waals surface area contributed by atoms with Crippen molar-refractivity contribution in [1.82, 2.24) is 5.32 Å². The van der Waals surface area contributed by atoms with Gasteiger partial charge in [-0.15, -0.1) is 0 Å². The summed E-state index contributed by atoms with van der Waals surface area (Å²) in [6.45, 7) is 1.78. The van der Waals surface area contributed by atoms with Crippen molar-refractivity contribution in [3.8, 4) is 0 Å². The minimum Gasteiger partial charge on any atom is -0.481 e. The van der Waals surface area contributed by atoms with Crippen LogP contribution in [0.2, 0.25) is 0 Å². The number of nitrogens with two attached hydrogens (primary N) is 1. The number of nitrogens with zero attached hydrogens (tertiary/aromatic N) is 1. The van der Waals surface area contributed by atoms with Crippen LogP contribution in [0.3, 0.4) is 0 Å². The highest BCUT2D eigenvalue weighted by molar-refractivity contribution is 5.97. The molecule has 168 valence electrons. The van der Waals surface area contributed by atoms with E-state index in [1.807, 2.05) is 18.2 Å². The maximum Gasteiger partial charge on any atom is 0.308 e. The maximum absolute atomic E-state index is 13.0. The van der Waals surface area contributed by atoms with E-state index in [4.69, 9.17) is 5.84 Å². The van der Waals surface area contributed by atoms with Crippen LogP contribution in [0.1, 0.15) is 43.4 Å². The monoisotopic (exact) mass is 436 g/mol. The third-order valence-corrected chi connectivity index (χ3v) is 5.97. The van der Waals surface area contributed by atoms with Crippen LogP contribution in [0.25, 0.3) is 0 Å². The van der Waals surface area contributed by atoms with Crippen molar-refractivity contribution >= 4 is 29.7 Å². The molecule has 1 aliphatic carbocycles. The second kappa shape index (κ2) is 10.6. The van der Waals surface area contributed by atoms with Crippen LogP contribution in [0.15, 0.2) is 59.7 Å². The van der Waals surface area contributed by atoms with Gasteiger partial charge in [0.1, 0.15) is 0 Å². The molecule has 3 rings (SSSR count). The van der Waals surface area contributed by atoms with Crippen molar-refractivity contribution in [2.24, 2.45) is 28.7 Å². The highest BCUT2D eigenvalue weighted by Gasteiger charge is 2.42. The Kier molecular flexibility index (Phi) is 7.59. The molecular weight excluding hydrogens is 408 g/mol. The highest BCUT2D eigenvalue weighted by Crippen LogP contribution is 2.36. The van der Waals surface area contributed by atoms with Gasteiger partial charge in [-0.1, -0.05) is 49.4 Å². The number of rotatable bonds is 9. The van der Waals surface area contributed by atoms with E-state index in [0.717, 1.165) is 11.1 Å². The molecule has 2 aromatic carbocycles. The zero-order valence-corrected chi connectivity index (χ0v) is 17.9. The first-order valence-corrected chi connectivity index (χ1v) is 10.7. The number of anilines is 1.